The highest BCUT2D eigenvalue weighted by atomic mass is 16.1. The van der Waals surface area contributed by atoms with E-state index in [1.165, 1.54) is 6.20 Å². The van der Waals surface area contributed by atoms with Crippen molar-refractivity contribution in [3.8, 4) is 6.07 Å². The molecule has 50 valence electrons. The molecule has 10 heavy (non-hydrogen) atoms. The van der Waals surface area contributed by atoms with Crippen molar-refractivity contribution in [1.82, 2.24) is 4.98 Å². The molecular formula is C6H5N3O. The van der Waals surface area contributed by atoms with E-state index in [1.54, 1.807) is 6.07 Å². The third-order valence-electron chi connectivity index (χ3n) is 1.08. The smallest absolute Gasteiger partial charge is 0.249 e. The van der Waals surface area contributed by atoms with E-state index < -0.39 is 0 Å². The van der Waals surface area contributed by atoms with E-state index in [0.717, 1.165) is 6.07 Å². The highest BCUT2D eigenvalue weighted by Crippen LogP contribution is 2.02. The second-order valence-corrected chi connectivity index (χ2v) is 1.78. The molecular weight excluding hydrogens is 130 g/mol. The second kappa shape index (κ2) is 2.23. The molecule has 0 radical (unpaired) electrons. The predicted octanol–water partition coefficient (Wildman–Crippen LogP) is -0.171. The van der Waals surface area contributed by atoms with E-state index in [1.807, 2.05) is 0 Å². The summed E-state index contributed by atoms with van der Waals surface area (Å²) in [7, 11) is 0. The van der Waals surface area contributed by atoms with Gasteiger partial charge in [0.05, 0.1) is 11.3 Å². The lowest BCUT2D eigenvalue weighted by atomic mass is 10.2. The van der Waals surface area contributed by atoms with Crippen LogP contribution in [0.15, 0.2) is 17.1 Å². The zero-order valence-electron chi connectivity index (χ0n) is 5.09. The van der Waals surface area contributed by atoms with Crippen molar-refractivity contribution in [1.29, 1.82) is 5.26 Å². The zero-order valence-corrected chi connectivity index (χ0v) is 5.09. The van der Waals surface area contributed by atoms with Gasteiger partial charge in [0.2, 0.25) is 5.56 Å². The third-order valence-corrected chi connectivity index (χ3v) is 1.08. The van der Waals surface area contributed by atoms with Crippen LogP contribution >= 0.6 is 0 Å². The minimum Gasteiger partial charge on any atom is -0.396 e. The molecule has 1 rings (SSSR count). The lowest BCUT2D eigenvalue weighted by Crippen LogP contribution is -2.05. The molecule has 3 N–H and O–H groups in total. The fraction of sp³-hybridized carbons (Fsp3) is 0. The van der Waals surface area contributed by atoms with Gasteiger partial charge in [0, 0.05) is 12.3 Å². The van der Waals surface area contributed by atoms with Crippen LogP contribution in [-0.4, -0.2) is 4.98 Å². The minimum atomic E-state index is -0.314. The van der Waals surface area contributed by atoms with Crippen molar-refractivity contribution in [2.24, 2.45) is 0 Å². The van der Waals surface area contributed by atoms with Gasteiger partial charge in [0.25, 0.3) is 0 Å². The number of aromatic amines is 1. The van der Waals surface area contributed by atoms with Crippen molar-refractivity contribution >= 4 is 5.69 Å². The lowest BCUT2D eigenvalue weighted by Gasteiger charge is -1.91. The van der Waals surface area contributed by atoms with Crippen molar-refractivity contribution in [3.63, 3.8) is 0 Å². The molecule has 0 spiro atoms. The Bertz CT molecular complexity index is 334. The maximum Gasteiger partial charge on any atom is 0.249 e. The van der Waals surface area contributed by atoms with E-state index in [-0.39, 0.29) is 11.1 Å². The number of nitrogens with one attached hydrogen (secondary N) is 1. The first-order valence-electron chi connectivity index (χ1n) is 2.62. The normalized spacial score (nSPS) is 8.70. The fourth-order valence-corrected chi connectivity index (χ4v) is 0.580. The van der Waals surface area contributed by atoms with Gasteiger partial charge in [0.1, 0.15) is 6.07 Å². The summed E-state index contributed by atoms with van der Waals surface area (Å²) in [6.45, 7) is 0. The summed E-state index contributed by atoms with van der Waals surface area (Å²) in [5, 5.41) is 8.36. The molecule has 0 aliphatic carbocycles. The summed E-state index contributed by atoms with van der Waals surface area (Å²) in [5.41, 5.74) is 5.50. The van der Waals surface area contributed by atoms with Crippen molar-refractivity contribution < 1.29 is 0 Å². The Morgan fingerprint density at radius 2 is 2.40 bits per heavy atom. The van der Waals surface area contributed by atoms with Crippen LogP contribution in [0.4, 0.5) is 5.69 Å². The van der Waals surface area contributed by atoms with Crippen LogP contribution in [0.2, 0.25) is 0 Å². The summed E-state index contributed by atoms with van der Waals surface area (Å²) >= 11 is 0. The number of anilines is 1. The summed E-state index contributed by atoms with van der Waals surface area (Å²) in [4.78, 5) is 12.9. The number of pyridine rings is 1. The topological polar surface area (TPSA) is 82.7 Å². The van der Waals surface area contributed by atoms with E-state index in [4.69, 9.17) is 11.0 Å². The van der Waals surface area contributed by atoms with Gasteiger partial charge in [-0.25, -0.2) is 0 Å². The Hall–Kier alpha value is -1.76. The Morgan fingerprint density at radius 1 is 1.70 bits per heavy atom. The number of aromatic nitrogens is 1. The van der Waals surface area contributed by atoms with Crippen LogP contribution in [0.1, 0.15) is 5.56 Å². The summed E-state index contributed by atoms with van der Waals surface area (Å²) in [6, 6.07) is 2.95. The molecule has 0 aromatic carbocycles. The Labute approximate surface area is 56.9 Å². The molecule has 0 amide bonds. The van der Waals surface area contributed by atoms with E-state index in [0.29, 0.717) is 5.69 Å². The van der Waals surface area contributed by atoms with Crippen LogP contribution in [0.3, 0.4) is 0 Å². The average molecular weight is 135 g/mol. The number of nitrogens with zero attached hydrogens (tertiary/aromatic N) is 1. The highest BCUT2D eigenvalue weighted by molar-refractivity contribution is 5.51. The molecule has 1 aromatic heterocycles. The molecule has 0 aliphatic rings. The Balaban J connectivity index is 3.40. The van der Waals surface area contributed by atoms with Gasteiger partial charge in [-0.2, -0.15) is 5.26 Å². The third kappa shape index (κ3) is 0.977. The van der Waals surface area contributed by atoms with E-state index in [9.17, 15) is 4.79 Å². The zero-order chi connectivity index (χ0) is 7.56. The fourth-order valence-electron chi connectivity index (χ4n) is 0.580. The maximum absolute atomic E-state index is 10.5. The van der Waals surface area contributed by atoms with Crippen molar-refractivity contribution in [3.05, 3.63) is 28.2 Å². The molecule has 0 fully saturated rings. The number of nitriles is 1. The second-order valence-electron chi connectivity index (χ2n) is 1.78. The van der Waals surface area contributed by atoms with E-state index in [2.05, 4.69) is 4.98 Å². The van der Waals surface area contributed by atoms with Crippen molar-refractivity contribution in [2.75, 3.05) is 5.73 Å². The van der Waals surface area contributed by atoms with E-state index >= 15 is 0 Å². The molecule has 1 heterocycles. The van der Waals surface area contributed by atoms with Crippen LogP contribution in [0.5, 0.6) is 0 Å². The van der Waals surface area contributed by atoms with Crippen molar-refractivity contribution in [2.45, 2.75) is 0 Å². The molecule has 0 unspecified atom stereocenters. The first-order chi connectivity index (χ1) is 4.74. The molecule has 0 saturated carbocycles. The first-order valence-corrected chi connectivity index (χ1v) is 2.62. The maximum atomic E-state index is 10.5. The van der Waals surface area contributed by atoms with Gasteiger partial charge in [-0.05, 0) is 0 Å². The Kier molecular flexibility index (Phi) is 1.42. The number of nitrogens with two attached hydrogens (primary N) is 1. The molecule has 0 saturated heterocycles. The molecule has 0 aliphatic heterocycles. The molecule has 4 nitrogen and oxygen atoms in total. The standard InChI is InChI=1S/C6H5N3O/c7-2-4-1-6(10)9-3-5(4)8/h1,3H,8H2,(H,9,10). The minimum absolute atomic E-state index is 0.212. The van der Waals surface area contributed by atoms with Gasteiger partial charge in [-0.3, -0.25) is 4.79 Å². The van der Waals surface area contributed by atoms with Gasteiger partial charge >= 0.3 is 0 Å². The Morgan fingerprint density at radius 3 is 2.90 bits per heavy atom. The summed E-state index contributed by atoms with van der Waals surface area (Å²) in [6.07, 6.45) is 1.31. The number of hydrogen-bond donors (Lipinski definition) is 2. The summed E-state index contributed by atoms with van der Waals surface area (Å²) < 4.78 is 0. The highest BCUT2D eigenvalue weighted by Gasteiger charge is 1.95. The monoisotopic (exact) mass is 135 g/mol. The first kappa shape index (κ1) is 6.36. The number of nitrogen functional groups attached to an aromatic ring is 1. The van der Waals surface area contributed by atoms with Crippen LogP contribution in [-0.2, 0) is 0 Å². The molecule has 0 atom stereocenters. The van der Waals surface area contributed by atoms with Gasteiger partial charge in [-0.15, -0.1) is 0 Å². The SMILES string of the molecule is N#Cc1cc(=O)[nH]cc1N. The predicted molar refractivity (Wildman–Crippen MR) is 36.2 cm³/mol. The number of hydrogen-bond acceptors (Lipinski definition) is 3. The van der Waals surface area contributed by atoms with Gasteiger partial charge in [-0.1, -0.05) is 0 Å². The number of H-pyrrole nitrogens is 1. The van der Waals surface area contributed by atoms with Crippen LogP contribution < -0.4 is 11.3 Å². The van der Waals surface area contributed by atoms with Gasteiger partial charge < -0.3 is 10.7 Å². The summed E-state index contributed by atoms with van der Waals surface area (Å²) in [5.74, 6) is 0. The van der Waals surface area contributed by atoms with Crippen LogP contribution in [0.25, 0.3) is 0 Å². The molecule has 1 aromatic rings. The van der Waals surface area contributed by atoms with Gasteiger partial charge in [0.15, 0.2) is 0 Å². The quantitative estimate of drug-likeness (QED) is 0.518. The van der Waals surface area contributed by atoms with Crippen LogP contribution in [0, 0.1) is 11.3 Å². The molecule has 4 heteroatoms. The average Bonchev–Trinajstić information content (AvgIpc) is 1.94. The number of rotatable bonds is 0. The lowest BCUT2D eigenvalue weighted by molar-refractivity contribution is 1.23. The molecule has 0 bridgehead atoms. The largest absolute Gasteiger partial charge is 0.396 e.